The van der Waals surface area contributed by atoms with Gasteiger partial charge in [0.25, 0.3) is 5.91 Å². The maximum absolute atomic E-state index is 13.6. The lowest BCUT2D eigenvalue weighted by Crippen LogP contribution is -2.38. The van der Waals surface area contributed by atoms with E-state index in [1.54, 1.807) is 36.1 Å². The molecular formula is C25H26F3N3O3. The monoisotopic (exact) mass is 473 g/mol. The molecule has 1 aliphatic heterocycles. The zero-order valence-electron chi connectivity index (χ0n) is 18.8. The van der Waals surface area contributed by atoms with Crippen molar-refractivity contribution in [1.29, 1.82) is 0 Å². The summed E-state index contributed by atoms with van der Waals surface area (Å²) in [5.41, 5.74) is 8.47. The highest BCUT2D eigenvalue weighted by Gasteiger charge is 2.43. The van der Waals surface area contributed by atoms with E-state index in [0.29, 0.717) is 43.4 Å². The Balaban J connectivity index is 1.63. The van der Waals surface area contributed by atoms with Gasteiger partial charge in [-0.1, -0.05) is 42.5 Å². The fourth-order valence-corrected chi connectivity index (χ4v) is 4.60. The Bertz CT molecular complexity index is 1210. The number of benzene rings is 2. The predicted octanol–water partition coefficient (Wildman–Crippen LogP) is 4.61. The number of likely N-dealkylation sites (tertiary alicyclic amines) is 1. The van der Waals surface area contributed by atoms with Crippen LogP contribution in [-0.2, 0) is 17.9 Å². The van der Waals surface area contributed by atoms with E-state index in [0.717, 1.165) is 11.1 Å². The molecule has 0 unspecified atom stereocenters. The van der Waals surface area contributed by atoms with Crippen LogP contribution in [0.5, 0.6) is 5.88 Å². The highest BCUT2D eigenvalue weighted by atomic mass is 19.4. The number of halogens is 3. The van der Waals surface area contributed by atoms with E-state index >= 15 is 0 Å². The first-order valence-electron chi connectivity index (χ1n) is 11.2. The molecule has 1 aliphatic rings. The molecule has 0 spiro atoms. The third kappa shape index (κ3) is 4.52. The molecule has 2 aromatic carbocycles. The fraction of sp³-hybridized carbons (Fsp3) is 0.360. The van der Waals surface area contributed by atoms with Crippen LogP contribution in [0.4, 0.5) is 13.2 Å². The van der Waals surface area contributed by atoms with Gasteiger partial charge in [0, 0.05) is 31.6 Å². The molecule has 1 fully saturated rings. The highest BCUT2D eigenvalue weighted by molar-refractivity contribution is 6.10. The van der Waals surface area contributed by atoms with Crippen LogP contribution in [0.15, 0.2) is 48.5 Å². The Morgan fingerprint density at radius 2 is 1.79 bits per heavy atom. The van der Waals surface area contributed by atoms with Crippen LogP contribution in [0.2, 0.25) is 0 Å². The molecule has 1 aromatic heterocycles. The van der Waals surface area contributed by atoms with Crippen molar-refractivity contribution in [1.82, 2.24) is 9.47 Å². The molecule has 0 aliphatic carbocycles. The average Bonchev–Trinajstić information content (AvgIpc) is 3.16. The molecule has 0 saturated carbocycles. The molecule has 1 saturated heterocycles. The molecule has 0 atom stereocenters. The minimum atomic E-state index is -5.17. The predicted molar refractivity (Wildman–Crippen MR) is 122 cm³/mol. The summed E-state index contributed by atoms with van der Waals surface area (Å²) in [7, 11) is 0. The molecule has 6 nitrogen and oxygen atoms in total. The number of aromatic nitrogens is 1. The maximum atomic E-state index is 13.6. The topological polar surface area (TPSA) is 77.6 Å². The standard InChI is InChI=1S/C25H26F3N3O3/c1-2-31-20-9-4-3-8-19(20)21(23(31)34-24(33)25(26,27)28)22(32)30-12-10-17(11-13-30)18-7-5-6-16(14-18)15-29/h3-9,14,17H,2,10-13,15,29H2,1H3. The van der Waals surface area contributed by atoms with Crippen LogP contribution in [0.25, 0.3) is 10.9 Å². The number of esters is 1. The second-order valence-electron chi connectivity index (χ2n) is 8.34. The first kappa shape index (κ1) is 23.8. The van der Waals surface area contributed by atoms with Crippen molar-refractivity contribution in [2.45, 2.75) is 44.9 Å². The minimum Gasteiger partial charge on any atom is -0.402 e. The number of nitrogens with zero attached hydrogens (tertiary/aromatic N) is 2. The van der Waals surface area contributed by atoms with Crippen molar-refractivity contribution in [3.05, 3.63) is 65.2 Å². The molecule has 2 N–H and O–H groups in total. The number of hydrogen-bond donors (Lipinski definition) is 1. The van der Waals surface area contributed by atoms with Gasteiger partial charge in [0.1, 0.15) is 5.56 Å². The summed E-state index contributed by atoms with van der Waals surface area (Å²) < 4.78 is 45.2. The largest absolute Gasteiger partial charge is 0.491 e. The highest BCUT2D eigenvalue weighted by Crippen LogP contribution is 2.36. The quantitative estimate of drug-likeness (QED) is 0.549. The molecule has 4 rings (SSSR count). The first-order chi connectivity index (χ1) is 16.2. The maximum Gasteiger partial charge on any atom is 0.491 e. The van der Waals surface area contributed by atoms with E-state index in [9.17, 15) is 22.8 Å². The molecule has 0 bridgehead atoms. The number of fused-ring (bicyclic) bond motifs is 1. The number of rotatable bonds is 5. The lowest BCUT2D eigenvalue weighted by molar-refractivity contribution is -0.190. The van der Waals surface area contributed by atoms with Crippen molar-refractivity contribution >= 4 is 22.8 Å². The van der Waals surface area contributed by atoms with E-state index in [2.05, 4.69) is 6.07 Å². The number of carbonyl (C=O) groups excluding carboxylic acids is 2. The zero-order chi connectivity index (χ0) is 24.5. The number of piperidine rings is 1. The lowest BCUT2D eigenvalue weighted by Gasteiger charge is -2.32. The number of para-hydroxylation sites is 1. The van der Waals surface area contributed by atoms with Crippen molar-refractivity contribution in [2.75, 3.05) is 13.1 Å². The van der Waals surface area contributed by atoms with Crippen molar-refractivity contribution in [3.8, 4) is 5.88 Å². The van der Waals surface area contributed by atoms with E-state index in [1.165, 1.54) is 4.57 Å². The fourth-order valence-electron chi connectivity index (χ4n) is 4.60. The van der Waals surface area contributed by atoms with Gasteiger partial charge >= 0.3 is 12.1 Å². The molecule has 0 radical (unpaired) electrons. The average molecular weight is 473 g/mol. The molecule has 3 aromatic rings. The SMILES string of the molecule is CCn1c(OC(=O)C(F)(F)F)c(C(=O)N2CCC(c3cccc(CN)c3)CC2)c2ccccc21. The van der Waals surface area contributed by atoms with Gasteiger partial charge in [-0.05, 0) is 42.9 Å². The van der Waals surface area contributed by atoms with E-state index in [-0.39, 0.29) is 23.9 Å². The van der Waals surface area contributed by atoms with Crippen molar-refractivity contribution in [3.63, 3.8) is 0 Å². The summed E-state index contributed by atoms with van der Waals surface area (Å²) in [6.45, 7) is 3.27. The number of hydrogen-bond acceptors (Lipinski definition) is 4. The molecule has 34 heavy (non-hydrogen) atoms. The Morgan fingerprint density at radius 1 is 1.09 bits per heavy atom. The van der Waals surface area contributed by atoms with Gasteiger partial charge in [0.2, 0.25) is 5.88 Å². The third-order valence-electron chi connectivity index (χ3n) is 6.31. The zero-order valence-corrected chi connectivity index (χ0v) is 18.8. The van der Waals surface area contributed by atoms with Crippen molar-refractivity contribution < 1.29 is 27.5 Å². The van der Waals surface area contributed by atoms with Gasteiger partial charge in [-0.3, -0.25) is 4.79 Å². The summed E-state index contributed by atoms with van der Waals surface area (Å²) in [6.07, 6.45) is -3.75. The second kappa shape index (κ2) is 9.50. The number of amides is 1. The number of aryl methyl sites for hydroxylation is 1. The summed E-state index contributed by atoms with van der Waals surface area (Å²) >= 11 is 0. The van der Waals surface area contributed by atoms with E-state index in [1.807, 2.05) is 18.2 Å². The van der Waals surface area contributed by atoms with Gasteiger partial charge in [0.05, 0.1) is 5.52 Å². The molecule has 9 heteroatoms. The van der Waals surface area contributed by atoms with Gasteiger partial charge in [-0.15, -0.1) is 0 Å². The molecule has 2 heterocycles. The van der Waals surface area contributed by atoms with E-state index < -0.39 is 18.1 Å². The second-order valence-corrected chi connectivity index (χ2v) is 8.34. The molecule has 180 valence electrons. The summed E-state index contributed by atoms with van der Waals surface area (Å²) in [5, 5.41) is 0.456. The smallest absolute Gasteiger partial charge is 0.402 e. The van der Waals surface area contributed by atoms with Crippen LogP contribution >= 0.6 is 0 Å². The molecule has 1 amide bonds. The number of nitrogens with two attached hydrogens (primary N) is 1. The number of carbonyl (C=O) groups is 2. The van der Waals surface area contributed by atoms with Crippen LogP contribution in [0.3, 0.4) is 0 Å². The lowest BCUT2D eigenvalue weighted by atomic mass is 9.88. The Morgan fingerprint density at radius 3 is 2.44 bits per heavy atom. The summed E-state index contributed by atoms with van der Waals surface area (Å²) in [4.78, 5) is 26.9. The summed E-state index contributed by atoms with van der Waals surface area (Å²) in [6, 6.07) is 14.8. The van der Waals surface area contributed by atoms with Crippen LogP contribution < -0.4 is 10.5 Å². The van der Waals surface area contributed by atoms with E-state index in [4.69, 9.17) is 10.5 Å². The molecular weight excluding hydrogens is 447 g/mol. The number of alkyl halides is 3. The third-order valence-corrected chi connectivity index (χ3v) is 6.31. The summed E-state index contributed by atoms with van der Waals surface area (Å²) in [5.74, 6) is -2.90. The van der Waals surface area contributed by atoms with Crippen molar-refractivity contribution in [2.24, 2.45) is 5.73 Å². The van der Waals surface area contributed by atoms with Crippen LogP contribution in [0, 0.1) is 0 Å². The van der Waals surface area contributed by atoms with Crippen LogP contribution in [-0.4, -0.2) is 40.6 Å². The van der Waals surface area contributed by atoms with Gasteiger partial charge < -0.3 is 19.9 Å². The first-order valence-corrected chi connectivity index (χ1v) is 11.2. The van der Waals surface area contributed by atoms with Gasteiger partial charge in [0.15, 0.2) is 0 Å². The number of ether oxygens (including phenoxy) is 1. The van der Waals surface area contributed by atoms with Crippen LogP contribution in [0.1, 0.15) is 47.2 Å². The Kier molecular flexibility index (Phi) is 6.65. The minimum absolute atomic E-state index is 0.0152. The Hall–Kier alpha value is -3.33. The van der Waals surface area contributed by atoms with Gasteiger partial charge in [-0.25, -0.2) is 4.79 Å². The van der Waals surface area contributed by atoms with Gasteiger partial charge in [-0.2, -0.15) is 13.2 Å². The normalized spacial score (nSPS) is 15.0. The Labute approximate surface area is 195 Å².